The van der Waals surface area contributed by atoms with Gasteiger partial charge in [0.25, 0.3) is 5.91 Å². The number of hydrogen-bond donors (Lipinski definition) is 1. The zero-order chi connectivity index (χ0) is 17.6. The first-order valence-electron chi connectivity index (χ1n) is 9.07. The summed E-state index contributed by atoms with van der Waals surface area (Å²) in [5.41, 5.74) is 0.722. The summed E-state index contributed by atoms with van der Waals surface area (Å²) in [4.78, 5) is 17.2. The maximum atomic E-state index is 12.8. The Labute approximate surface area is 145 Å². The van der Waals surface area contributed by atoms with E-state index in [9.17, 15) is 4.79 Å². The number of nitrogens with one attached hydrogen (secondary N) is 1. The number of nitrogens with zero attached hydrogens (tertiary/aromatic N) is 1. The molecule has 0 bridgehead atoms. The molecule has 1 aromatic rings. The number of unbranched alkanes of at least 4 members (excludes halogenated alkanes) is 1. The van der Waals surface area contributed by atoms with Crippen molar-refractivity contribution < 1.29 is 14.3 Å². The summed E-state index contributed by atoms with van der Waals surface area (Å²) in [6.45, 7) is 9.22. The van der Waals surface area contributed by atoms with Gasteiger partial charge >= 0.3 is 0 Å². The number of hydrogen-bond acceptors (Lipinski definition) is 4. The van der Waals surface area contributed by atoms with Gasteiger partial charge in [0, 0.05) is 12.7 Å². The average molecular weight is 334 g/mol. The van der Waals surface area contributed by atoms with E-state index in [1.165, 1.54) is 0 Å². The number of ether oxygens (including phenoxy) is 2. The Kier molecular flexibility index (Phi) is 6.60. The molecule has 24 heavy (non-hydrogen) atoms. The van der Waals surface area contributed by atoms with Crippen LogP contribution in [0.3, 0.4) is 0 Å². The number of pyridine rings is 1. The van der Waals surface area contributed by atoms with Crippen LogP contribution in [0.15, 0.2) is 12.1 Å². The Morgan fingerprint density at radius 3 is 2.62 bits per heavy atom. The molecule has 0 unspecified atom stereocenters. The van der Waals surface area contributed by atoms with Crippen LogP contribution in [0.5, 0.6) is 5.88 Å². The van der Waals surface area contributed by atoms with E-state index in [1.54, 1.807) is 6.07 Å². The maximum absolute atomic E-state index is 12.8. The molecule has 1 aliphatic rings. The number of aryl methyl sites for hydroxylation is 1. The predicted octanol–water partition coefficient (Wildman–Crippen LogP) is 4.10. The second-order valence-electron chi connectivity index (χ2n) is 6.67. The van der Waals surface area contributed by atoms with Crippen LogP contribution in [0.4, 0.5) is 5.69 Å². The van der Waals surface area contributed by atoms with Gasteiger partial charge in [0.1, 0.15) is 5.60 Å². The summed E-state index contributed by atoms with van der Waals surface area (Å²) in [5.74, 6) is 0.836. The van der Waals surface area contributed by atoms with Crippen molar-refractivity contribution in [1.82, 2.24) is 4.98 Å². The van der Waals surface area contributed by atoms with Crippen molar-refractivity contribution in [2.24, 2.45) is 5.92 Å². The molecular weight excluding hydrogens is 304 g/mol. The van der Waals surface area contributed by atoms with Gasteiger partial charge in [-0.05, 0) is 51.5 Å². The molecule has 0 aliphatic heterocycles. The van der Waals surface area contributed by atoms with Crippen LogP contribution in [-0.2, 0) is 9.53 Å². The van der Waals surface area contributed by atoms with Crippen molar-refractivity contribution in [3.05, 3.63) is 17.8 Å². The zero-order valence-electron chi connectivity index (χ0n) is 15.4. The van der Waals surface area contributed by atoms with Crippen molar-refractivity contribution in [2.75, 3.05) is 18.5 Å². The van der Waals surface area contributed by atoms with Gasteiger partial charge in [-0.15, -0.1) is 0 Å². The number of anilines is 1. The van der Waals surface area contributed by atoms with E-state index >= 15 is 0 Å². The van der Waals surface area contributed by atoms with Gasteiger partial charge in [-0.25, -0.2) is 4.98 Å². The van der Waals surface area contributed by atoms with Gasteiger partial charge in [-0.3, -0.25) is 4.79 Å². The number of carbonyl (C=O) groups is 1. The Balaban J connectivity index is 2.02. The van der Waals surface area contributed by atoms with E-state index in [-0.39, 0.29) is 5.91 Å². The molecule has 0 radical (unpaired) electrons. The van der Waals surface area contributed by atoms with Gasteiger partial charge < -0.3 is 14.8 Å². The van der Waals surface area contributed by atoms with Crippen molar-refractivity contribution in [3.63, 3.8) is 0 Å². The Bertz CT molecular complexity index is 558. The predicted molar refractivity (Wildman–Crippen MR) is 95.4 cm³/mol. The third-order valence-corrected chi connectivity index (χ3v) is 4.47. The minimum atomic E-state index is -0.751. The van der Waals surface area contributed by atoms with Crippen LogP contribution in [-0.4, -0.2) is 29.7 Å². The smallest absolute Gasteiger partial charge is 0.256 e. The van der Waals surface area contributed by atoms with Crippen LogP contribution in [0.25, 0.3) is 0 Å². The molecule has 1 N–H and O–H groups in total. The van der Waals surface area contributed by atoms with Crippen LogP contribution in [0, 0.1) is 12.8 Å². The average Bonchev–Trinajstić information content (AvgIpc) is 3.40. The largest absolute Gasteiger partial charge is 0.478 e. The molecule has 1 aliphatic carbocycles. The van der Waals surface area contributed by atoms with Crippen molar-refractivity contribution in [2.45, 2.75) is 65.4 Å². The first-order valence-corrected chi connectivity index (χ1v) is 9.07. The van der Waals surface area contributed by atoms with Crippen molar-refractivity contribution in [3.8, 4) is 5.88 Å². The first kappa shape index (κ1) is 18.7. The number of amides is 1. The second-order valence-corrected chi connectivity index (χ2v) is 6.67. The number of carbonyl (C=O) groups excluding carboxylic acids is 1. The molecule has 1 amide bonds. The highest BCUT2D eigenvalue weighted by molar-refractivity contribution is 5.98. The lowest BCUT2D eigenvalue weighted by atomic mass is 9.98. The van der Waals surface area contributed by atoms with E-state index in [1.807, 2.05) is 19.9 Å². The minimum Gasteiger partial charge on any atom is -0.478 e. The van der Waals surface area contributed by atoms with E-state index in [0.717, 1.165) is 43.5 Å². The van der Waals surface area contributed by atoms with Crippen LogP contribution in [0.1, 0.15) is 58.6 Å². The molecule has 134 valence electrons. The van der Waals surface area contributed by atoms with E-state index in [2.05, 4.69) is 24.1 Å². The van der Waals surface area contributed by atoms with E-state index < -0.39 is 5.60 Å². The SMILES string of the molecule is CCCCOc1ccc(NC(=O)[C@](C)(OCCC)C2CC2)c(C)n1. The van der Waals surface area contributed by atoms with Crippen molar-refractivity contribution in [1.29, 1.82) is 0 Å². The molecule has 1 atom stereocenters. The standard InChI is InChI=1S/C19H30N2O3/c1-5-7-13-23-17-11-10-16(14(3)20-17)21-18(22)19(4,15-8-9-15)24-12-6-2/h10-11,15H,5-9,12-13H2,1-4H3,(H,21,22)/t19-/m1/s1. The molecule has 0 aromatic carbocycles. The third kappa shape index (κ3) is 4.69. The molecule has 1 aromatic heterocycles. The molecule has 2 rings (SSSR count). The van der Waals surface area contributed by atoms with Gasteiger partial charge in [-0.2, -0.15) is 0 Å². The fourth-order valence-corrected chi connectivity index (χ4v) is 2.64. The normalized spacial score (nSPS) is 16.5. The lowest BCUT2D eigenvalue weighted by molar-refractivity contribution is -0.142. The Hall–Kier alpha value is -1.62. The third-order valence-electron chi connectivity index (χ3n) is 4.47. The molecule has 1 saturated carbocycles. The lowest BCUT2D eigenvalue weighted by Gasteiger charge is -2.29. The first-order chi connectivity index (χ1) is 11.5. The Morgan fingerprint density at radius 2 is 2.04 bits per heavy atom. The highest BCUT2D eigenvalue weighted by Crippen LogP contribution is 2.42. The molecule has 5 nitrogen and oxygen atoms in total. The minimum absolute atomic E-state index is 0.0806. The summed E-state index contributed by atoms with van der Waals surface area (Å²) in [6, 6.07) is 3.66. The molecule has 1 heterocycles. The van der Waals surface area contributed by atoms with E-state index in [4.69, 9.17) is 9.47 Å². The maximum Gasteiger partial charge on any atom is 0.256 e. The summed E-state index contributed by atoms with van der Waals surface area (Å²) in [7, 11) is 0. The monoisotopic (exact) mass is 334 g/mol. The molecular formula is C19H30N2O3. The van der Waals surface area contributed by atoms with Crippen LogP contribution >= 0.6 is 0 Å². The molecule has 0 saturated heterocycles. The molecule has 5 heteroatoms. The van der Waals surface area contributed by atoms with Crippen molar-refractivity contribution >= 4 is 11.6 Å². The zero-order valence-corrected chi connectivity index (χ0v) is 15.4. The van der Waals surface area contributed by atoms with E-state index in [0.29, 0.717) is 25.0 Å². The lowest BCUT2D eigenvalue weighted by Crippen LogP contribution is -2.45. The highest BCUT2D eigenvalue weighted by Gasteiger charge is 2.48. The summed E-state index contributed by atoms with van der Waals surface area (Å²) < 4.78 is 11.5. The Morgan fingerprint density at radius 1 is 1.29 bits per heavy atom. The van der Waals surface area contributed by atoms with Gasteiger partial charge in [0.15, 0.2) is 0 Å². The summed E-state index contributed by atoms with van der Waals surface area (Å²) in [5, 5.41) is 2.99. The van der Waals surface area contributed by atoms with Crippen LogP contribution in [0.2, 0.25) is 0 Å². The quantitative estimate of drug-likeness (QED) is 0.654. The van der Waals surface area contributed by atoms with Gasteiger partial charge in [-0.1, -0.05) is 20.3 Å². The topological polar surface area (TPSA) is 60.5 Å². The van der Waals surface area contributed by atoms with Gasteiger partial charge in [0.05, 0.1) is 18.0 Å². The van der Waals surface area contributed by atoms with Gasteiger partial charge in [0.2, 0.25) is 5.88 Å². The number of rotatable bonds is 10. The summed E-state index contributed by atoms with van der Waals surface area (Å²) in [6.07, 6.45) is 5.10. The fourth-order valence-electron chi connectivity index (χ4n) is 2.64. The van der Waals surface area contributed by atoms with Crippen LogP contribution < -0.4 is 10.1 Å². The second kappa shape index (κ2) is 8.47. The molecule has 0 spiro atoms. The fraction of sp³-hybridized carbons (Fsp3) is 0.684. The molecule has 1 fully saturated rings. The summed E-state index contributed by atoms with van der Waals surface area (Å²) >= 11 is 0. The highest BCUT2D eigenvalue weighted by atomic mass is 16.5. The number of aromatic nitrogens is 1.